The molecule has 2 aromatic rings. The van der Waals surface area contributed by atoms with E-state index in [1.54, 1.807) is 24.3 Å². The monoisotopic (exact) mass is 354 g/mol. The Morgan fingerprint density at radius 1 is 1.23 bits per heavy atom. The third-order valence-corrected chi connectivity index (χ3v) is 3.92. The third kappa shape index (κ3) is 3.12. The summed E-state index contributed by atoms with van der Waals surface area (Å²) in [4.78, 5) is 35.5. The highest BCUT2D eigenvalue weighted by molar-refractivity contribution is 6.12. The molecule has 1 aliphatic rings. The first-order chi connectivity index (χ1) is 12.4. The zero-order valence-corrected chi connectivity index (χ0v) is 13.7. The van der Waals surface area contributed by atoms with Crippen molar-refractivity contribution in [2.45, 2.75) is 13.0 Å². The molecule has 1 atom stereocenters. The van der Waals surface area contributed by atoms with Gasteiger partial charge in [-0.3, -0.25) is 19.8 Å². The second kappa shape index (κ2) is 6.67. The second-order valence-corrected chi connectivity index (χ2v) is 5.62. The van der Waals surface area contributed by atoms with Crippen molar-refractivity contribution in [1.82, 2.24) is 0 Å². The Balaban J connectivity index is 2.02. The van der Waals surface area contributed by atoms with Crippen LogP contribution in [-0.2, 0) is 9.59 Å². The summed E-state index contributed by atoms with van der Waals surface area (Å²) in [5, 5.41) is 20.0. The number of carbonyl (C=O) groups excluding carboxylic acids is 1. The SMILES string of the molecule is CC(C(=O)O)N1C(=O)/C(=C\c2ccc([N+](=O)[O-])cc2)Oc2ccccc21. The molecule has 132 valence electrons. The van der Waals surface area contributed by atoms with Gasteiger partial charge < -0.3 is 9.84 Å². The van der Waals surface area contributed by atoms with Gasteiger partial charge in [0.2, 0.25) is 0 Å². The second-order valence-electron chi connectivity index (χ2n) is 5.62. The minimum absolute atomic E-state index is 0.0642. The number of ether oxygens (including phenoxy) is 1. The molecule has 0 fully saturated rings. The number of nitro benzene ring substituents is 1. The summed E-state index contributed by atoms with van der Waals surface area (Å²) < 4.78 is 5.63. The molecule has 0 saturated heterocycles. The van der Waals surface area contributed by atoms with Crippen molar-refractivity contribution in [2.24, 2.45) is 0 Å². The van der Waals surface area contributed by atoms with Crippen LogP contribution in [0.25, 0.3) is 6.08 Å². The molecule has 1 unspecified atom stereocenters. The number of anilines is 1. The highest BCUT2D eigenvalue weighted by Crippen LogP contribution is 2.36. The van der Waals surface area contributed by atoms with Crippen LogP contribution in [0.4, 0.5) is 11.4 Å². The first-order valence-corrected chi connectivity index (χ1v) is 7.68. The van der Waals surface area contributed by atoms with Gasteiger partial charge >= 0.3 is 5.97 Å². The van der Waals surface area contributed by atoms with Crippen molar-refractivity contribution in [3.63, 3.8) is 0 Å². The molecule has 26 heavy (non-hydrogen) atoms. The predicted octanol–water partition coefficient (Wildman–Crippen LogP) is 2.83. The van der Waals surface area contributed by atoms with Crippen molar-refractivity contribution in [1.29, 1.82) is 0 Å². The average molecular weight is 354 g/mol. The number of carboxylic acids is 1. The van der Waals surface area contributed by atoms with Crippen LogP contribution in [0.3, 0.4) is 0 Å². The van der Waals surface area contributed by atoms with E-state index < -0.39 is 22.8 Å². The maximum atomic E-state index is 12.8. The minimum Gasteiger partial charge on any atom is -0.480 e. The van der Waals surface area contributed by atoms with Gasteiger partial charge in [-0.1, -0.05) is 12.1 Å². The Bertz CT molecular complexity index is 920. The Morgan fingerprint density at radius 2 is 1.88 bits per heavy atom. The van der Waals surface area contributed by atoms with Gasteiger partial charge in [-0.15, -0.1) is 0 Å². The summed E-state index contributed by atoms with van der Waals surface area (Å²) in [7, 11) is 0. The number of hydrogen-bond donors (Lipinski definition) is 1. The number of amides is 1. The summed E-state index contributed by atoms with van der Waals surface area (Å²) in [5.74, 6) is -1.46. The molecule has 0 bridgehead atoms. The summed E-state index contributed by atoms with van der Waals surface area (Å²) in [5.41, 5.74) is 0.809. The van der Waals surface area contributed by atoms with Crippen LogP contribution in [0.1, 0.15) is 12.5 Å². The predicted molar refractivity (Wildman–Crippen MR) is 92.7 cm³/mol. The first-order valence-electron chi connectivity index (χ1n) is 7.68. The van der Waals surface area contributed by atoms with Crippen molar-refractivity contribution >= 4 is 29.3 Å². The van der Waals surface area contributed by atoms with Crippen LogP contribution in [0.15, 0.2) is 54.3 Å². The maximum absolute atomic E-state index is 12.8. The van der Waals surface area contributed by atoms with Crippen LogP contribution < -0.4 is 9.64 Å². The molecule has 0 radical (unpaired) electrons. The van der Waals surface area contributed by atoms with E-state index in [-0.39, 0.29) is 11.4 Å². The Kier molecular flexibility index (Phi) is 4.40. The highest BCUT2D eigenvalue weighted by atomic mass is 16.6. The van der Waals surface area contributed by atoms with Gasteiger partial charge in [0, 0.05) is 12.1 Å². The molecule has 8 heteroatoms. The van der Waals surface area contributed by atoms with Crippen molar-refractivity contribution in [3.05, 3.63) is 70.0 Å². The molecule has 1 amide bonds. The number of fused-ring (bicyclic) bond motifs is 1. The Morgan fingerprint density at radius 3 is 2.50 bits per heavy atom. The average Bonchev–Trinajstić information content (AvgIpc) is 2.62. The van der Waals surface area contributed by atoms with Crippen LogP contribution in [-0.4, -0.2) is 27.9 Å². The van der Waals surface area contributed by atoms with Gasteiger partial charge in [0.15, 0.2) is 11.5 Å². The normalized spacial score (nSPS) is 16.0. The lowest BCUT2D eigenvalue weighted by Gasteiger charge is -2.32. The van der Waals surface area contributed by atoms with Crippen LogP contribution in [0.5, 0.6) is 5.75 Å². The maximum Gasteiger partial charge on any atom is 0.326 e. The standard InChI is InChI=1S/C18H14N2O6/c1-11(18(22)23)19-14-4-2-3-5-15(14)26-16(17(19)21)10-12-6-8-13(9-7-12)20(24)25/h2-11H,1H3,(H,22,23)/b16-10+. The quantitative estimate of drug-likeness (QED) is 0.513. The topological polar surface area (TPSA) is 110 Å². The molecule has 2 aromatic carbocycles. The smallest absolute Gasteiger partial charge is 0.326 e. The van der Waals surface area contributed by atoms with Crippen LogP contribution >= 0.6 is 0 Å². The molecule has 1 N–H and O–H groups in total. The fraction of sp³-hybridized carbons (Fsp3) is 0.111. The number of nitrogens with zero attached hydrogens (tertiary/aromatic N) is 2. The molecule has 3 rings (SSSR count). The lowest BCUT2D eigenvalue weighted by atomic mass is 10.1. The van der Waals surface area contributed by atoms with Gasteiger partial charge in [0.1, 0.15) is 6.04 Å². The number of carboxylic acid groups (broad SMARTS) is 1. The molecule has 0 aliphatic carbocycles. The fourth-order valence-electron chi connectivity index (χ4n) is 2.56. The largest absolute Gasteiger partial charge is 0.480 e. The number of aliphatic carboxylic acids is 1. The van der Waals surface area contributed by atoms with Gasteiger partial charge in [0.25, 0.3) is 11.6 Å². The lowest BCUT2D eigenvalue weighted by molar-refractivity contribution is -0.384. The number of nitro groups is 1. The molecule has 8 nitrogen and oxygen atoms in total. The molecule has 0 aromatic heterocycles. The van der Waals surface area contributed by atoms with Crippen LogP contribution in [0.2, 0.25) is 0 Å². The summed E-state index contributed by atoms with van der Waals surface area (Å²) >= 11 is 0. The number of hydrogen-bond acceptors (Lipinski definition) is 5. The third-order valence-electron chi connectivity index (χ3n) is 3.92. The molecule has 0 saturated carbocycles. The van der Waals surface area contributed by atoms with E-state index in [1.807, 2.05) is 0 Å². The number of carbonyl (C=O) groups is 2. The molecule has 0 spiro atoms. The molecular formula is C18H14N2O6. The van der Waals surface area contributed by atoms with Gasteiger partial charge in [0.05, 0.1) is 10.6 Å². The van der Waals surface area contributed by atoms with Gasteiger partial charge in [-0.2, -0.15) is 0 Å². The van der Waals surface area contributed by atoms with E-state index >= 15 is 0 Å². The lowest BCUT2D eigenvalue weighted by Crippen LogP contribution is -2.47. The number of benzene rings is 2. The zero-order chi connectivity index (χ0) is 18.8. The number of non-ortho nitro benzene ring substituents is 1. The number of rotatable bonds is 4. The van der Waals surface area contributed by atoms with E-state index in [2.05, 4.69) is 0 Å². The van der Waals surface area contributed by atoms with Gasteiger partial charge in [-0.05, 0) is 42.8 Å². The highest BCUT2D eigenvalue weighted by Gasteiger charge is 2.36. The first kappa shape index (κ1) is 17.2. The Labute approximate surface area is 148 Å². The van der Waals surface area contributed by atoms with Crippen molar-refractivity contribution in [2.75, 3.05) is 4.90 Å². The number of para-hydroxylation sites is 2. The summed E-state index contributed by atoms with van der Waals surface area (Å²) in [6.07, 6.45) is 1.42. The van der Waals surface area contributed by atoms with Gasteiger partial charge in [-0.25, -0.2) is 4.79 Å². The van der Waals surface area contributed by atoms with E-state index in [9.17, 15) is 24.8 Å². The zero-order valence-electron chi connectivity index (χ0n) is 13.7. The van der Waals surface area contributed by atoms with E-state index in [1.165, 1.54) is 37.3 Å². The molecular weight excluding hydrogens is 340 g/mol. The Hall–Kier alpha value is -3.68. The van der Waals surface area contributed by atoms with Crippen molar-refractivity contribution < 1.29 is 24.4 Å². The summed E-state index contributed by atoms with van der Waals surface area (Å²) in [6, 6.07) is 11.1. The summed E-state index contributed by atoms with van der Waals surface area (Å²) in [6.45, 7) is 1.41. The van der Waals surface area contributed by atoms with E-state index in [0.717, 1.165) is 4.90 Å². The van der Waals surface area contributed by atoms with E-state index in [0.29, 0.717) is 17.0 Å². The fourth-order valence-corrected chi connectivity index (χ4v) is 2.56. The van der Waals surface area contributed by atoms with Crippen molar-refractivity contribution in [3.8, 4) is 5.75 Å². The molecule has 1 heterocycles. The molecule has 1 aliphatic heterocycles. The minimum atomic E-state index is -1.15. The van der Waals surface area contributed by atoms with Crippen LogP contribution in [0, 0.1) is 10.1 Å². The van der Waals surface area contributed by atoms with E-state index in [4.69, 9.17) is 4.74 Å².